The number of esters is 1. The largest absolute Gasteiger partial charge is 0.465 e. The molecule has 5 nitrogen and oxygen atoms in total. The fraction of sp³-hybridized carbons (Fsp3) is 0.529. The Labute approximate surface area is 129 Å². The van der Waals surface area contributed by atoms with E-state index in [0.29, 0.717) is 24.4 Å². The lowest BCUT2D eigenvalue weighted by Crippen LogP contribution is -2.33. The molecule has 2 heterocycles. The number of hydrogen-bond acceptors (Lipinski definition) is 4. The highest BCUT2D eigenvalue weighted by atomic mass is 16.5. The van der Waals surface area contributed by atoms with E-state index < -0.39 is 5.97 Å². The molecule has 0 bridgehead atoms. The number of ether oxygens (including phenoxy) is 2. The number of carbonyl (C=O) groups is 1. The van der Waals surface area contributed by atoms with Crippen molar-refractivity contribution in [3.05, 3.63) is 38.8 Å². The van der Waals surface area contributed by atoms with Crippen molar-refractivity contribution in [1.29, 1.82) is 0 Å². The van der Waals surface area contributed by atoms with Crippen LogP contribution >= 0.6 is 0 Å². The molecule has 0 N–H and O–H groups in total. The van der Waals surface area contributed by atoms with Gasteiger partial charge in [-0.2, -0.15) is 0 Å². The first-order chi connectivity index (χ1) is 10.6. The van der Waals surface area contributed by atoms with Gasteiger partial charge in [0.2, 0.25) is 5.43 Å². The fourth-order valence-electron chi connectivity index (χ4n) is 3.43. The third kappa shape index (κ3) is 2.39. The van der Waals surface area contributed by atoms with Crippen molar-refractivity contribution in [2.45, 2.75) is 45.8 Å². The average Bonchev–Trinajstić information content (AvgIpc) is 2.56. The van der Waals surface area contributed by atoms with Gasteiger partial charge in [0, 0.05) is 17.8 Å². The number of carbonyl (C=O) groups excluding carboxylic acids is 1. The van der Waals surface area contributed by atoms with E-state index in [-0.39, 0.29) is 17.6 Å². The number of pyridine rings is 1. The van der Waals surface area contributed by atoms with Gasteiger partial charge in [0.05, 0.1) is 26.0 Å². The maximum absolute atomic E-state index is 13.0. The lowest BCUT2D eigenvalue weighted by Gasteiger charge is -2.27. The molecule has 0 saturated carbocycles. The van der Waals surface area contributed by atoms with Gasteiger partial charge in [-0.25, -0.2) is 4.79 Å². The van der Waals surface area contributed by atoms with Gasteiger partial charge in [-0.15, -0.1) is 0 Å². The first-order valence-corrected chi connectivity index (χ1v) is 7.77. The summed E-state index contributed by atoms with van der Waals surface area (Å²) in [6.45, 7) is 3.49. The highest BCUT2D eigenvalue weighted by Crippen LogP contribution is 2.29. The molecule has 0 unspecified atom stereocenters. The molecule has 0 radical (unpaired) electrons. The monoisotopic (exact) mass is 303 g/mol. The summed E-state index contributed by atoms with van der Waals surface area (Å²) in [6, 6.07) is 0. The summed E-state index contributed by atoms with van der Waals surface area (Å²) < 4.78 is 12.3. The van der Waals surface area contributed by atoms with Crippen LogP contribution in [0.5, 0.6) is 0 Å². The molecule has 0 saturated heterocycles. The molecule has 118 valence electrons. The molecule has 1 aliphatic carbocycles. The quantitative estimate of drug-likeness (QED) is 0.787. The van der Waals surface area contributed by atoms with Crippen LogP contribution < -0.4 is 5.43 Å². The number of rotatable bonds is 2. The molecule has 3 rings (SSSR count). The van der Waals surface area contributed by atoms with E-state index in [9.17, 15) is 9.59 Å². The minimum absolute atomic E-state index is 0.134. The second-order valence-corrected chi connectivity index (χ2v) is 5.78. The second kappa shape index (κ2) is 6.08. The van der Waals surface area contributed by atoms with Crippen LogP contribution in [0.25, 0.3) is 5.57 Å². The van der Waals surface area contributed by atoms with Crippen LogP contribution in [-0.4, -0.2) is 24.3 Å². The Morgan fingerprint density at radius 2 is 2.18 bits per heavy atom. The number of nitrogens with zero attached hydrogens (tertiary/aromatic N) is 1. The molecule has 1 aromatic heterocycles. The highest BCUT2D eigenvalue weighted by Gasteiger charge is 2.28. The Morgan fingerprint density at radius 1 is 1.36 bits per heavy atom. The maximum atomic E-state index is 13.0. The fourth-order valence-corrected chi connectivity index (χ4v) is 3.43. The van der Waals surface area contributed by atoms with Crippen LogP contribution in [0.2, 0.25) is 0 Å². The minimum atomic E-state index is -0.572. The van der Waals surface area contributed by atoms with Gasteiger partial charge < -0.3 is 14.0 Å². The topological polar surface area (TPSA) is 57.5 Å². The van der Waals surface area contributed by atoms with Crippen LogP contribution in [0.1, 0.15) is 53.0 Å². The van der Waals surface area contributed by atoms with E-state index >= 15 is 0 Å². The van der Waals surface area contributed by atoms with Crippen molar-refractivity contribution in [2.75, 3.05) is 13.7 Å². The zero-order valence-electron chi connectivity index (χ0n) is 13.1. The molecule has 0 fully saturated rings. The lowest BCUT2D eigenvalue weighted by atomic mass is 9.90. The minimum Gasteiger partial charge on any atom is -0.465 e. The molecule has 1 aromatic rings. The van der Waals surface area contributed by atoms with Crippen molar-refractivity contribution in [2.24, 2.45) is 0 Å². The second-order valence-electron chi connectivity index (χ2n) is 5.78. The van der Waals surface area contributed by atoms with Gasteiger partial charge >= 0.3 is 5.97 Å². The predicted molar refractivity (Wildman–Crippen MR) is 82.9 cm³/mol. The smallest absolute Gasteiger partial charge is 0.343 e. The van der Waals surface area contributed by atoms with Crippen LogP contribution in [0.3, 0.4) is 0 Å². The van der Waals surface area contributed by atoms with Gasteiger partial charge in [-0.1, -0.05) is 6.08 Å². The van der Waals surface area contributed by atoms with E-state index in [1.165, 1.54) is 7.11 Å². The zero-order chi connectivity index (χ0) is 15.7. The first kappa shape index (κ1) is 15.0. The number of aromatic nitrogens is 1. The Kier molecular flexibility index (Phi) is 4.16. The van der Waals surface area contributed by atoms with Crippen LogP contribution in [0.4, 0.5) is 0 Å². The van der Waals surface area contributed by atoms with Gasteiger partial charge in [0.1, 0.15) is 5.56 Å². The summed E-state index contributed by atoms with van der Waals surface area (Å²) in [5.41, 5.74) is 3.25. The normalized spacial score (nSPS) is 17.6. The molecule has 0 amide bonds. The molecule has 5 heteroatoms. The number of methoxy groups -OCH3 is 1. The molecular weight excluding hydrogens is 282 g/mol. The van der Waals surface area contributed by atoms with Crippen LogP contribution in [0.15, 0.2) is 10.9 Å². The molecule has 0 atom stereocenters. The summed E-state index contributed by atoms with van der Waals surface area (Å²) in [4.78, 5) is 25.1. The Balaban J connectivity index is 2.28. The summed E-state index contributed by atoms with van der Waals surface area (Å²) >= 11 is 0. The Bertz CT molecular complexity index is 700. The van der Waals surface area contributed by atoms with Crippen molar-refractivity contribution in [1.82, 2.24) is 4.57 Å². The van der Waals surface area contributed by atoms with Crippen molar-refractivity contribution < 1.29 is 14.3 Å². The summed E-state index contributed by atoms with van der Waals surface area (Å²) in [6.07, 6.45) is 6.27. The van der Waals surface area contributed by atoms with E-state index in [1.54, 1.807) is 0 Å². The lowest BCUT2D eigenvalue weighted by molar-refractivity contribution is 0.0564. The molecule has 0 spiro atoms. The number of fused-ring (bicyclic) bond motifs is 1. The van der Waals surface area contributed by atoms with E-state index in [4.69, 9.17) is 9.47 Å². The molecule has 1 aliphatic heterocycles. The third-order valence-electron chi connectivity index (χ3n) is 4.53. The molecular formula is C17H21NO4. The Morgan fingerprint density at radius 3 is 2.86 bits per heavy atom. The first-order valence-electron chi connectivity index (χ1n) is 7.77. The van der Waals surface area contributed by atoms with Gasteiger partial charge in [-0.3, -0.25) is 4.79 Å². The number of hydrogen-bond donors (Lipinski definition) is 0. The number of allylic oxidation sites excluding steroid dienone is 2. The maximum Gasteiger partial charge on any atom is 0.343 e. The molecule has 0 aromatic carbocycles. The van der Waals surface area contributed by atoms with E-state index in [2.05, 4.69) is 6.08 Å². The van der Waals surface area contributed by atoms with Crippen molar-refractivity contribution in [3.8, 4) is 0 Å². The predicted octanol–water partition coefficient (Wildman–Crippen LogP) is 2.43. The summed E-state index contributed by atoms with van der Waals surface area (Å²) in [5.74, 6) is -0.572. The highest BCUT2D eigenvalue weighted by molar-refractivity contribution is 5.92. The van der Waals surface area contributed by atoms with Gasteiger partial charge in [-0.05, 0) is 38.2 Å². The average molecular weight is 303 g/mol. The SMILES string of the molecule is COC(=O)c1c2n(c(C)c(C3=CCCCC3)c1=O)CCOC2. The van der Waals surface area contributed by atoms with Crippen LogP contribution in [0, 0.1) is 6.92 Å². The van der Waals surface area contributed by atoms with Gasteiger partial charge in [0.25, 0.3) is 0 Å². The molecule has 22 heavy (non-hydrogen) atoms. The van der Waals surface area contributed by atoms with E-state index in [0.717, 1.165) is 37.0 Å². The molecule has 2 aliphatic rings. The van der Waals surface area contributed by atoms with Crippen molar-refractivity contribution >= 4 is 11.5 Å². The standard InChI is InChI=1S/C17H21NO4/c1-11-14(12-6-4-3-5-7-12)16(19)15(17(20)21-2)13-10-22-9-8-18(11)13/h6H,3-5,7-10H2,1-2H3. The zero-order valence-corrected chi connectivity index (χ0v) is 13.1. The summed E-state index contributed by atoms with van der Waals surface area (Å²) in [5, 5.41) is 0. The van der Waals surface area contributed by atoms with Crippen molar-refractivity contribution in [3.63, 3.8) is 0 Å². The third-order valence-corrected chi connectivity index (χ3v) is 4.53. The Hall–Kier alpha value is -1.88. The van der Waals surface area contributed by atoms with Crippen LogP contribution in [-0.2, 0) is 22.6 Å². The van der Waals surface area contributed by atoms with E-state index in [1.807, 2.05) is 11.5 Å². The summed E-state index contributed by atoms with van der Waals surface area (Å²) in [7, 11) is 1.31. The van der Waals surface area contributed by atoms with Gasteiger partial charge in [0.15, 0.2) is 0 Å².